The van der Waals surface area contributed by atoms with E-state index in [2.05, 4.69) is 19.9 Å². The standard InChI is InChI=1S/C25H21ClF2N6O2/c1-15-12-19(34-23(8-10-30-34)36-25(27)28)6-7-21(15)33-11-9-22(35)24(32-33)20(13-16(2)29)31-18-5-3-4-17(26)14-18/h3-14,25H,29H2,1-2H3. The third-order valence-corrected chi connectivity index (χ3v) is 5.20. The quantitative estimate of drug-likeness (QED) is 0.354. The predicted octanol–water partition coefficient (Wildman–Crippen LogP) is 4.96. The highest BCUT2D eigenvalue weighted by molar-refractivity contribution is 6.30. The molecule has 0 saturated carbocycles. The van der Waals surface area contributed by atoms with Crippen molar-refractivity contribution in [3.05, 3.63) is 105 Å². The maximum Gasteiger partial charge on any atom is 0.388 e. The number of ether oxygens (including phenoxy) is 1. The van der Waals surface area contributed by atoms with Gasteiger partial charge in [-0.05, 0) is 61.9 Å². The van der Waals surface area contributed by atoms with Gasteiger partial charge in [0.1, 0.15) is 0 Å². The number of aliphatic imine (C=N–C) groups is 1. The Kier molecular flexibility index (Phi) is 7.25. The van der Waals surface area contributed by atoms with E-state index in [9.17, 15) is 13.6 Å². The fraction of sp³-hybridized carbons (Fsp3) is 0.120. The SMILES string of the molecule is CC(N)=CC(=Nc1cccc(Cl)c1)c1nn(-c2ccc(-n3nccc3OC(F)F)cc2C)ccc1=O. The van der Waals surface area contributed by atoms with Gasteiger partial charge in [0, 0.05) is 29.0 Å². The van der Waals surface area contributed by atoms with Gasteiger partial charge < -0.3 is 10.5 Å². The van der Waals surface area contributed by atoms with E-state index in [1.165, 1.54) is 33.9 Å². The minimum atomic E-state index is -2.97. The molecule has 0 unspecified atom stereocenters. The number of benzene rings is 2. The van der Waals surface area contributed by atoms with Gasteiger partial charge in [0.05, 0.1) is 29.0 Å². The zero-order valence-corrected chi connectivity index (χ0v) is 20.0. The van der Waals surface area contributed by atoms with Crippen LogP contribution in [-0.2, 0) is 0 Å². The molecule has 0 fully saturated rings. The zero-order valence-electron chi connectivity index (χ0n) is 19.3. The number of nitrogens with zero attached hydrogens (tertiary/aromatic N) is 5. The third kappa shape index (κ3) is 5.66. The minimum absolute atomic E-state index is 0.0884. The number of hydrogen-bond acceptors (Lipinski definition) is 6. The van der Waals surface area contributed by atoms with Crippen LogP contribution in [0.4, 0.5) is 14.5 Å². The molecule has 2 N–H and O–H groups in total. The van der Waals surface area contributed by atoms with Gasteiger partial charge in [-0.15, -0.1) is 0 Å². The number of halogens is 3. The van der Waals surface area contributed by atoms with Crippen molar-refractivity contribution >= 4 is 23.0 Å². The van der Waals surface area contributed by atoms with Crippen LogP contribution >= 0.6 is 11.6 Å². The van der Waals surface area contributed by atoms with E-state index < -0.39 is 6.61 Å². The number of aryl methyl sites for hydroxylation is 1. The molecule has 8 nitrogen and oxygen atoms in total. The van der Waals surface area contributed by atoms with Gasteiger partial charge in [-0.1, -0.05) is 17.7 Å². The Labute approximate surface area is 209 Å². The van der Waals surface area contributed by atoms with Crippen LogP contribution in [0.5, 0.6) is 5.88 Å². The average molecular weight is 511 g/mol. The predicted molar refractivity (Wildman–Crippen MR) is 134 cm³/mol. The zero-order chi connectivity index (χ0) is 25.8. The minimum Gasteiger partial charge on any atom is -0.417 e. The Morgan fingerprint density at radius 2 is 2.00 bits per heavy atom. The summed E-state index contributed by atoms with van der Waals surface area (Å²) in [6, 6.07) is 14.8. The van der Waals surface area contributed by atoms with Gasteiger partial charge in [0.15, 0.2) is 5.69 Å². The first-order valence-corrected chi connectivity index (χ1v) is 11.1. The lowest BCUT2D eigenvalue weighted by molar-refractivity contribution is -0.0544. The third-order valence-electron chi connectivity index (χ3n) is 4.96. The van der Waals surface area contributed by atoms with Crippen molar-refractivity contribution in [2.75, 3.05) is 0 Å². The lowest BCUT2D eigenvalue weighted by Crippen LogP contribution is -2.21. The summed E-state index contributed by atoms with van der Waals surface area (Å²) in [5, 5.41) is 9.07. The van der Waals surface area contributed by atoms with E-state index in [1.54, 1.807) is 55.5 Å². The summed E-state index contributed by atoms with van der Waals surface area (Å²) in [5.41, 5.74) is 8.80. The van der Waals surface area contributed by atoms with Crippen molar-refractivity contribution in [3.63, 3.8) is 0 Å². The maximum atomic E-state index is 12.8. The van der Waals surface area contributed by atoms with Gasteiger partial charge in [0.2, 0.25) is 11.3 Å². The summed E-state index contributed by atoms with van der Waals surface area (Å²) < 4.78 is 32.7. The topological polar surface area (TPSA) is 100 Å². The molecule has 0 radical (unpaired) electrons. The lowest BCUT2D eigenvalue weighted by atomic mass is 10.1. The van der Waals surface area contributed by atoms with Crippen LogP contribution < -0.4 is 15.9 Å². The van der Waals surface area contributed by atoms with Crippen LogP contribution in [0.2, 0.25) is 5.02 Å². The van der Waals surface area contributed by atoms with Crippen molar-refractivity contribution in [2.45, 2.75) is 20.5 Å². The first-order valence-electron chi connectivity index (χ1n) is 10.7. The second-order valence-electron chi connectivity index (χ2n) is 7.77. The Hall–Kier alpha value is -4.31. The largest absolute Gasteiger partial charge is 0.417 e. The molecule has 11 heteroatoms. The molecule has 184 valence electrons. The molecule has 2 aromatic heterocycles. The van der Waals surface area contributed by atoms with Gasteiger partial charge in [-0.2, -0.15) is 19.0 Å². The summed E-state index contributed by atoms with van der Waals surface area (Å²) in [6.07, 6.45) is 4.46. The van der Waals surface area contributed by atoms with Gasteiger partial charge in [0.25, 0.3) is 0 Å². The Morgan fingerprint density at radius 3 is 2.69 bits per heavy atom. The normalized spacial score (nSPS) is 12.3. The molecule has 2 aromatic carbocycles. The molecule has 0 atom stereocenters. The molecule has 0 aliphatic rings. The molecule has 4 aromatic rings. The van der Waals surface area contributed by atoms with Crippen LogP contribution in [0.1, 0.15) is 18.2 Å². The number of aromatic nitrogens is 4. The molecule has 0 aliphatic carbocycles. The molecule has 0 amide bonds. The summed E-state index contributed by atoms with van der Waals surface area (Å²) in [5.74, 6) is -0.0910. The first kappa shape index (κ1) is 24.8. The monoisotopic (exact) mass is 510 g/mol. The van der Waals surface area contributed by atoms with E-state index in [0.29, 0.717) is 27.8 Å². The van der Waals surface area contributed by atoms with Crippen LogP contribution in [0.3, 0.4) is 0 Å². The average Bonchev–Trinajstić information content (AvgIpc) is 3.26. The number of nitrogens with two attached hydrogens (primary N) is 1. The van der Waals surface area contributed by atoms with Crippen molar-refractivity contribution in [2.24, 2.45) is 10.7 Å². The van der Waals surface area contributed by atoms with Crippen molar-refractivity contribution < 1.29 is 13.5 Å². The van der Waals surface area contributed by atoms with E-state index >= 15 is 0 Å². The number of allylic oxidation sites excluding steroid dienone is 2. The highest BCUT2D eigenvalue weighted by Crippen LogP contribution is 2.23. The summed E-state index contributed by atoms with van der Waals surface area (Å²) >= 11 is 6.08. The van der Waals surface area contributed by atoms with Crippen molar-refractivity contribution in [1.29, 1.82) is 0 Å². The van der Waals surface area contributed by atoms with Crippen LogP contribution in [0.15, 0.2) is 88.6 Å². The van der Waals surface area contributed by atoms with Crippen LogP contribution in [0, 0.1) is 6.92 Å². The highest BCUT2D eigenvalue weighted by Gasteiger charge is 2.14. The molecule has 0 spiro atoms. The number of alkyl halides is 2. The number of hydrogen-bond donors (Lipinski definition) is 1. The molecule has 0 saturated heterocycles. The molecular formula is C25H21ClF2N6O2. The molecule has 2 heterocycles. The summed E-state index contributed by atoms with van der Waals surface area (Å²) in [4.78, 5) is 17.3. The van der Waals surface area contributed by atoms with Crippen LogP contribution in [-0.4, -0.2) is 31.9 Å². The molecular weight excluding hydrogens is 490 g/mol. The highest BCUT2D eigenvalue weighted by atomic mass is 35.5. The van der Waals surface area contributed by atoms with Gasteiger partial charge >= 0.3 is 6.61 Å². The Morgan fingerprint density at radius 1 is 1.19 bits per heavy atom. The lowest BCUT2D eigenvalue weighted by Gasteiger charge is -2.13. The molecule has 0 aliphatic heterocycles. The molecule has 0 bridgehead atoms. The van der Waals surface area contributed by atoms with E-state index in [0.717, 1.165) is 5.56 Å². The van der Waals surface area contributed by atoms with E-state index in [-0.39, 0.29) is 22.7 Å². The van der Waals surface area contributed by atoms with Crippen LogP contribution in [0.25, 0.3) is 11.4 Å². The number of rotatable bonds is 7. The second kappa shape index (κ2) is 10.5. The summed E-state index contributed by atoms with van der Waals surface area (Å²) in [7, 11) is 0. The van der Waals surface area contributed by atoms with Crippen molar-refractivity contribution in [3.8, 4) is 17.3 Å². The Balaban J connectivity index is 1.76. The van der Waals surface area contributed by atoms with E-state index in [4.69, 9.17) is 17.3 Å². The van der Waals surface area contributed by atoms with Gasteiger partial charge in [-0.3, -0.25) is 4.79 Å². The van der Waals surface area contributed by atoms with Gasteiger partial charge in [-0.25, -0.2) is 14.4 Å². The fourth-order valence-electron chi connectivity index (χ4n) is 3.47. The first-order chi connectivity index (χ1) is 17.2. The summed E-state index contributed by atoms with van der Waals surface area (Å²) in [6.45, 7) is 0.526. The fourth-order valence-corrected chi connectivity index (χ4v) is 3.65. The smallest absolute Gasteiger partial charge is 0.388 e. The second-order valence-corrected chi connectivity index (χ2v) is 8.21. The maximum absolute atomic E-state index is 12.8. The molecule has 36 heavy (non-hydrogen) atoms. The van der Waals surface area contributed by atoms with Crippen molar-refractivity contribution in [1.82, 2.24) is 19.6 Å². The Bertz CT molecular complexity index is 1520. The molecule has 4 rings (SSSR count). The van der Waals surface area contributed by atoms with E-state index in [1.807, 2.05) is 6.92 Å².